The summed E-state index contributed by atoms with van der Waals surface area (Å²) in [6.07, 6.45) is -0.525. The summed E-state index contributed by atoms with van der Waals surface area (Å²) in [6.45, 7) is 2.19. The van der Waals surface area contributed by atoms with Crippen molar-refractivity contribution in [3.63, 3.8) is 0 Å². The molecule has 0 aliphatic carbocycles. The van der Waals surface area contributed by atoms with Gasteiger partial charge in [-0.3, -0.25) is 4.79 Å². The van der Waals surface area contributed by atoms with E-state index in [9.17, 15) is 9.90 Å². The van der Waals surface area contributed by atoms with E-state index in [1.807, 2.05) is 30.3 Å². The van der Waals surface area contributed by atoms with Crippen LogP contribution in [0.3, 0.4) is 0 Å². The second-order valence-electron chi connectivity index (χ2n) is 6.05. The number of benzene rings is 3. The van der Waals surface area contributed by atoms with Crippen molar-refractivity contribution < 1.29 is 14.6 Å². The molecular weight excluding hydrogens is 326 g/mol. The SMILES string of the molecule is CC(O)c1ccc(NC(=O)c2ccc(OCc3ccccc3)cc2)cc1. The minimum absolute atomic E-state index is 0.190. The van der Waals surface area contributed by atoms with Gasteiger partial charge in [-0.25, -0.2) is 0 Å². The number of anilines is 1. The van der Waals surface area contributed by atoms with Crippen LogP contribution in [0.25, 0.3) is 0 Å². The molecule has 4 heteroatoms. The lowest BCUT2D eigenvalue weighted by molar-refractivity contribution is 0.102. The highest BCUT2D eigenvalue weighted by atomic mass is 16.5. The summed E-state index contributed by atoms with van der Waals surface area (Å²) in [5.74, 6) is 0.524. The molecular formula is C22H21NO3. The fourth-order valence-corrected chi connectivity index (χ4v) is 2.49. The Hall–Kier alpha value is -3.11. The molecule has 132 valence electrons. The molecule has 2 N–H and O–H groups in total. The van der Waals surface area contributed by atoms with Crippen LogP contribution in [0.1, 0.15) is 34.5 Å². The lowest BCUT2D eigenvalue weighted by Gasteiger charge is -2.09. The van der Waals surface area contributed by atoms with Gasteiger partial charge >= 0.3 is 0 Å². The molecule has 0 saturated carbocycles. The maximum atomic E-state index is 12.3. The fraction of sp³-hybridized carbons (Fsp3) is 0.136. The van der Waals surface area contributed by atoms with E-state index in [0.717, 1.165) is 11.1 Å². The summed E-state index contributed by atoms with van der Waals surface area (Å²) < 4.78 is 5.73. The van der Waals surface area contributed by atoms with Crippen LogP contribution in [0.2, 0.25) is 0 Å². The van der Waals surface area contributed by atoms with Crippen LogP contribution in [0.4, 0.5) is 5.69 Å². The Morgan fingerprint density at radius 1 is 0.962 bits per heavy atom. The Balaban J connectivity index is 1.58. The first kappa shape index (κ1) is 17.7. The molecule has 0 aliphatic heterocycles. The van der Waals surface area contributed by atoms with Crippen molar-refractivity contribution >= 4 is 11.6 Å². The van der Waals surface area contributed by atoms with Crippen molar-refractivity contribution in [1.29, 1.82) is 0 Å². The third kappa shape index (κ3) is 4.71. The zero-order valence-electron chi connectivity index (χ0n) is 14.6. The Bertz CT molecular complexity index is 841. The van der Waals surface area contributed by atoms with E-state index in [1.54, 1.807) is 55.5 Å². The number of ether oxygens (including phenoxy) is 1. The molecule has 1 unspecified atom stereocenters. The Morgan fingerprint density at radius 2 is 1.62 bits per heavy atom. The molecule has 3 aromatic carbocycles. The molecule has 3 rings (SSSR count). The van der Waals surface area contributed by atoms with Gasteiger partial charge < -0.3 is 15.2 Å². The first-order valence-corrected chi connectivity index (χ1v) is 8.48. The molecule has 0 aromatic heterocycles. The van der Waals surface area contributed by atoms with Crippen LogP contribution in [0, 0.1) is 0 Å². The third-order valence-electron chi connectivity index (χ3n) is 4.02. The maximum Gasteiger partial charge on any atom is 0.255 e. The number of nitrogens with one attached hydrogen (secondary N) is 1. The van der Waals surface area contributed by atoms with E-state index >= 15 is 0 Å². The highest BCUT2D eigenvalue weighted by Gasteiger charge is 2.07. The monoisotopic (exact) mass is 347 g/mol. The van der Waals surface area contributed by atoms with Crippen LogP contribution in [-0.2, 0) is 6.61 Å². The number of aliphatic hydroxyl groups is 1. The van der Waals surface area contributed by atoms with E-state index in [1.165, 1.54) is 0 Å². The van der Waals surface area contributed by atoms with Crippen LogP contribution in [0.15, 0.2) is 78.9 Å². The normalized spacial score (nSPS) is 11.6. The number of aliphatic hydroxyl groups excluding tert-OH is 1. The number of amides is 1. The molecule has 1 amide bonds. The molecule has 0 saturated heterocycles. The van der Waals surface area contributed by atoms with Crippen molar-refractivity contribution in [1.82, 2.24) is 0 Å². The molecule has 3 aromatic rings. The van der Waals surface area contributed by atoms with Gasteiger partial charge in [-0.05, 0) is 54.4 Å². The van der Waals surface area contributed by atoms with Crippen LogP contribution < -0.4 is 10.1 Å². The smallest absolute Gasteiger partial charge is 0.255 e. The minimum atomic E-state index is -0.525. The number of hydrogen-bond donors (Lipinski definition) is 2. The van der Waals surface area contributed by atoms with Gasteiger partial charge in [0, 0.05) is 11.3 Å². The first-order chi connectivity index (χ1) is 12.6. The highest BCUT2D eigenvalue weighted by molar-refractivity contribution is 6.04. The number of rotatable bonds is 6. The first-order valence-electron chi connectivity index (χ1n) is 8.48. The summed E-state index contributed by atoms with van der Waals surface area (Å²) >= 11 is 0. The van der Waals surface area contributed by atoms with E-state index < -0.39 is 6.10 Å². The van der Waals surface area contributed by atoms with Gasteiger partial charge in [0.2, 0.25) is 0 Å². The molecule has 0 aliphatic rings. The van der Waals surface area contributed by atoms with E-state index in [0.29, 0.717) is 23.6 Å². The summed E-state index contributed by atoms with van der Waals surface area (Å²) in [5, 5.41) is 12.4. The number of carbonyl (C=O) groups is 1. The van der Waals surface area contributed by atoms with E-state index in [2.05, 4.69) is 5.32 Å². The quantitative estimate of drug-likeness (QED) is 0.687. The molecule has 0 radical (unpaired) electrons. The summed E-state index contributed by atoms with van der Waals surface area (Å²) in [4.78, 5) is 12.3. The standard InChI is InChI=1S/C22H21NO3/c1-16(24)18-7-11-20(12-8-18)23-22(25)19-9-13-21(14-10-19)26-15-17-5-3-2-4-6-17/h2-14,16,24H,15H2,1H3,(H,23,25). The van der Waals surface area contributed by atoms with Crippen molar-refractivity contribution in [2.45, 2.75) is 19.6 Å². The van der Waals surface area contributed by atoms with Crippen molar-refractivity contribution in [3.05, 3.63) is 95.6 Å². The average molecular weight is 347 g/mol. The third-order valence-corrected chi connectivity index (χ3v) is 4.02. The fourth-order valence-electron chi connectivity index (χ4n) is 2.49. The predicted molar refractivity (Wildman–Crippen MR) is 102 cm³/mol. The van der Waals surface area contributed by atoms with Gasteiger partial charge in [-0.15, -0.1) is 0 Å². The molecule has 0 bridgehead atoms. The van der Waals surface area contributed by atoms with Gasteiger partial charge in [-0.1, -0.05) is 42.5 Å². The van der Waals surface area contributed by atoms with Gasteiger partial charge in [0.1, 0.15) is 12.4 Å². The Kier molecular flexibility index (Phi) is 5.66. The van der Waals surface area contributed by atoms with E-state index in [-0.39, 0.29) is 5.91 Å². The molecule has 0 heterocycles. The zero-order valence-corrected chi connectivity index (χ0v) is 14.6. The van der Waals surface area contributed by atoms with Crippen molar-refractivity contribution in [2.75, 3.05) is 5.32 Å². The second kappa shape index (κ2) is 8.32. The molecule has 0 fully saturated rings. The van der Waals surface area contributed by atoms with Gasteiger partial charge in [0.25, 0.3) is 5.91 Å². The van der Waals surface area contributed by atoms with Crippen LogP contribution in [0.5, 0.6) is 5.75 Å². The topological polar surface area (TPSA) is 58.6 Å². The van der Waals surface area contributed by atoms with Gasteiger partial charge in [0.05, 0.1) is 6.10 Å². The van der Waals surface area contributed by atoms with Crippen LogP contribution >= 0.6 is 0 Å². The summed E-state index contributed by atoms with van der Waals surface area (Å²) in [6, 6.07) is 24.1. The number of carbonyl (C=O) groups excluding carboxylic acids is 1. The lowest BCUT2D eigenvalue weighted by atomic mass is 10.1. The van der Waals surface area contributed by atoms with Crippen molar-refractivity contribution in [3.8, 4) is 5.75 Å². The Morgan fingerprint density at radius 3 is 2.23 bits per heavy atom. The molecule has 26 heavy (non-hydrogen) atoms. The maximum absolute atomic E-state index is 12.3. The second-order valence-corrected chi connectivity index (χ2v) is 6.05. The Labute approximate surface area is 153 Å². The number of hydrogen-bond acceptors (Lipinski definition) is 3. The molecule has 1 atom stereocenters. The molecule has 0 spiro atoms. The minimum Gasteiger partial charge on any atom is -0.489 e. The predicted octanol–water partition coefficient (Wildman–Crippen LogP) is 4.57. The van der Waals surface area contributed by atoms with Crippen LogP contribution in [-0.4, -0.2) is 11.0 Å². The zero-order chi connectivity index (χ0) is 18.4. The largest absolute Gasteiger partial charge is 0.489 e. The van der Waals surface area contributed by atoms with Gasteiger partial charge in [-0.2, -0.15) is 0 Å². The molecule has 4 nitrogen and oxygen atoms in total. The average Bonchev–Trinajstić information content (AvgIpc) is 2.68. The van der Waals surface area contributed by atoms with Gasteiger partial charge in [0.15, 0.2) is 0 Å². The van der Waals surface area contributed by atoms with E-state index in [4.69, 9.17) is 4.74 Å². The lowest BCUT2D eigenvalue weighted by Crippen LogP contribution is -2.11. The van der Waals surface area contributed by atoms with Crippen molar-refractivity contribution in [2.24, 2.45) is 0 Å². The highest BCUT2D eigenvalue weighted by Crippen LogP contribution is 2.18. The summed E-state index contributed by atoms with van der Waals surface area (Å²) in [5.41, 5.74) is 3.14. The summed E-state index contributed by atoms with van der Waals surface area (Å²) in [7, 11) is 0.